The molecule has 0 saturated heterocycles. The second-order valence-corrected chi connectivity index (χ2v) is 6.77. The molecular formula is C22H24N2O4. The number of fused-ring (bicyclic) bond motifs is 1. The second kappa shape index (κ2) is 9.17. The Hall–Kier alpha value is -3.15. The van der Waals surface area contributed by atoms with E-state index in [1.54, 1.807) is 0 Å². The van der Waals surface area contributed by atoms with Crippen molar-refractivity contribution in [1.82, 2.24) is 5.32 Å². The van der Waals surface area contributed by atoms with Crippen LogP contribution in [0.15, 0.2) is 54.6 Å². The molecule has 6 nitrogen and oxygen atoms in total. The monoisotopic (exact) mass is 380 g/mol. The molecule has 1 heterocycles. The lowest BCUT2D eigenvalue weighted by Crippen LogP contribution is -2.49. The quantitative estimate of drug-likeness (QED) is 0.780. The summed E-state index contributed by atoms with van der Waals surface area (Å²) in [6.07, 6.45) is 2.05. The highest BCUT2D eigenvalue weighted by molar-refractivity contribution is 6.03. The zero-order valence-corrected chi connectivity index (χ0v) is 15.9. The smallest absolute Gasteiger partial charge is 0.325 e. The Morgan fingerprint density at radius 2 is 1.82 bits per heavy atom. The number of aryl methyl sites for hydroxylation is 2. The molecule has 0 radical (unpaired) electrons. The van der Waals surface area contributed by atoms with E-state index in [2.05, 4.69) is 5.32 Å². The van der Waals surface area contributed by atoms with Crippen molar-refractivity contribution in [3.63, 3.8) is 0 Å². The van der Waals surface area contributed by atoms with Crippen molar-refractivity contribution in [2.45, 2.75) is 31.7 Å². The highest BCUT2D eigenvalue weighted by atomic mass is 16.5. The molecule has 0 aliphatic carbocycles. The van der Waals surface area contributed by atoms with Crippen LogP contribution in [0.25, 0.3) is 0 Å². The molecule has 28 heavy (non-hydrogen) atoms. The number of nitrogens with zero attached hydrogens (tertiary/aromatic N) is 1. The minimum absolute atomic E-state index is 0.175. The average molecular weight is 380 g/mol. The standard InChI is InChI=1S/C22H24N2O4/c1-28-21(26)15-24-19-10-6-5-9-17(19)12-13-18(22(24)27)23-20(25)14-11-16-7-3-2-4-8-16/h2-10,18H,11-15H2,1H3,(H,23,25)/t18-/m0/s1. The van der Waals surface area contributed by atoms with Crippen LogP contribution in [0, 0.1) is 0 Å². The summed E-state index contributed by atoms with van der Waals surface area (Å²) in [5, 5.41) is 2.85. The maximum absolute atomic E-state index is 13.1. The number of hydrogen-bond donors (Lipinski definition) is 1. The number of carbonyl (C=O) groups is 3. The van der Waals surface area contributed by atoms with Gasteiger partial charge in [0.15, 0.2) is 0 Å². The van der Waals surface area contributed by atoms with Gasteiger partial charge < -0.3 is 10.1 Å². The Labute approximate surface area is 164 Å². The van der Waals surface area contributed by atoms with E-state index in [0.717, 1.165) is 11.1 Å². The summed E-state index contributed by atoms with van der Waals surface area (Å²) >= 11 is 0. The molecule has 0 spiro atoms. The molecule has 1 aliphatic rings. The van der Waals surface area contributed by atoms with Crippen LogP contribution >= 0.6 is 0 Å². The van der Waals surface area contributed by atoms with Crippen molar-refractivity contribution in [3.8, 4) is 0 Å². The first-order chi connectivity index (χ1) is 13.6. The van der Waals surface area contributed by atoms with Crippen LogP contribution in [-0.4, -0.2) is 37.5 Å². The van der Waals surface area contributed by atoms with Crippen LogP contribution < -0.4 is 10.2 Å². The van der Waals surface area contributed by atoms with Crippen LogP contribution in [0.2, 0.25) is 0 Å². The highest BCUT2D eigenvalue weighted by Gasteiger charge is 2.32. The number of methoxy groups -OCH3 is 1. The van der Waals surface area contributed by atoms with Crippen molar-refractivity contribution >= 4 is 23.5 Å². The molecule has 2 aromatic rings. The number of para-hydroxylation sites is 1. The van der Waals surface area contributed by atoms with Gasteiger partial charge >= 0.3 is 5.97 Å². The van der Waals surface area contributed by atoms with Crippen molar-refractivity contribution in [1.29, 1.82) is 0 Å². The van der Waals surface area contributed by atoms with Gasteiger partial charge in [0.25, 0.3) is 0 Å². The zero-order valence-electron chi connectivity index (χ0n) is 15.9. The van der Waals surface area contributed by atoms with Gasteiger partial charge in [-0.1, -0.05) is 48.5 Å². The van der Waals surface area contributed by atoms with Gasteiger partial charge in [0.1, 0.15) is 12.6 Å². The molecule has 6 heteroatoms. The Morgan fingerprint density at radius 1 is 1.11 bits per heavy atom. The molecule has 2 aromatic carbocycles. The number of benzene rings is 2. The molecular weight excluding hydrogens is 356 g/mol. The largest absolute Gasteiger partial charge is 0.468 e. The third-order valence-electron chi connectivity index (χ3n) is 4.88. The number of carbonyl (C=O) groups excluding carboxylic acids is 3. The molecule has 146 valence electrons. The van der Waals surface area contributed by atoms with Gasteiger partial charge in [-0.15, -0.1) is 0 Å². The first-order valence-electron chi connectivity index (χ1n) is 9.38. The van der Waals surface area contributed by atoms with Gasteiger partial charge in [-0.05, 0) is 36.5 Å². The van der Waals surface area contributed by atoms with E-state index in [1.807, 2.05) is 54.6 Å². The molecule has 0 bridgehead atoms. The summed E-state index contributed by atoms with van der Waals surface area (Å²) in [6, 6.07) is 16.6. The van der Waals surface area contributed by atoms with E-state index in [-0.39, 0.29) is 18.4 Å². The van der Waals surface area contributed by atoms with E-state index in [1.165, 1.54) is 12.0 Å². The van der Waals surface area contributed by atoms with E-state index in [4.69, 9.17) is 4.74 Å². The van der Waals surface area contributed by atoms with Gasteiger partial charge in [0, 0.05) is 12.1 Å². The first-order valence-corrected chi connectivity index (χ1v) is 9.38. The second-order valence-electron chi connectivity index (χ2n) is 6.77. The molecule has 0 saturated carbocycles. The number of amides is 2. The van der Waals surface area contributed by atoms with E-state index in [0.29, 0.717) is 31.4 Å². The number of rotatable bonds is 6. The number of hydrogen-bond acceptors (Lipinski definition) is 4. The molecule has 2 amide bonds. The summed E-state index contributed by atoms with van der Waals surface area (Å²) in [5.41, 5.74) is 2.74. The molecule has 1 N–H and O–H groups in total. The molecule has 0 aromatic heterocycles. The first kappa shape index (κ1) is 19.6. The maximum Gasteiger partial charge on any atom is 0.325 e. The highest BCUT2D eigenvalue weighted by Crippen LogP contribution is 2.27. The van der Waals surface area contributed by atoms with Gasteiger partial charge in [0.05, 0.1) is 7.11 Å². The van der Waals surface area contributed by atoms with Gasteiger partial charge in [-0.25, -0.2) is 0 Å². The fraction of sp³-hybridized carbons (Fsp3) is 0.318. The molecule has 0 fully saturated rings. The Kier molecular flexibility index (Phi) is 6.42. The van der Waals surface area contributed by atoms with Crippen molar-refractivity contribution < 1.29 is 19.1 Å². The van der Waals surface area contributed by atoms with Gasteiger partial charge in [-0.3, -0.25) is 19.3 Å². The van der Waals surface area contributed by atoms with Crippen LogP contribution in [0.1, 0.15) is 24.0 Å². The van der Waals surface area contributed by atoms with Crippen LogP contribution in [0.3, 0.4) is 0 Å². The SMILES string of the molecule is COC(=O)CN1C(=O)[C@@H](NC(=O)CCc2ccccc2)CCc2ccccc21. The van der Waals surface area contributed by atoms with Gasteiger partial charge in [-0.2, -0.15) is 0 Å². The van der Waals surface area contributed by atoms with Crippen LogP contribution in [0.4, 0.5) is 5.69 Å². The minimum Gasteiger partial charge on any atom is -0.468 e. The summed E-state index contributed by atoms with van der Waals surface area (Å²) in [6.45, 7) is -0.178. The Bertz CT molecular complexity index is 851. The lowest BCUT2D eigenvalue weighted by atomic mass is 10.1. The van der Waals surface area contributed by atoms with E-state index in [9.17, 15) is 14.4 Å². The van der Waals surface area contributed by atoms with E-state index < -0.39 is 12.0 Å². The lowest BCUT2D eigenvalue weighted by molar-refractivity contribution is -0.140. The van der Waals surface area contributed by atoms with Crippen LogP contribution in [-0.2, 0) is 32.0 Å². The molecule has 3 rings (SSSR count). The van der Waals surface area contributed by atoms with Gasteiger partial charge in [0.2, 0.25) is 11.8 Å². The summed E-state index contributed by atoms with van der Waals surface area (Å²) < 4.78 is 4.74. The minimum atomic E-state index is -0.666. The van der Waals surface area contributed by atoms with E-state index >= 15 is 0 Å². The van der Waals surface area contributed by atoms with Crippen LogP contribution in [0.5, 0.6) is 0 Å². The zero-order chi connectivity index (χ0) is 19.9. The number of ether oxygens (including phenoxy) is 1. The maximum atomic E-state index is 13.1. The fourth-order valence-corrected chi connectivity index (χ4v) is 3.38. The summed E-state index contributed by atoms with van der Waals surface area (Å²) in [5.74, 6) is -0.964. The third-order valence-corrected chi connectivity index (χ3v) is 4.88. The predicted molar refractivity (Wildman–Crippen MR) is 106 cm³/mol. The predicted octanol–water partition coefficient (Wildman–Crippen LogP) is 2.26. The van der Waals surface area contributed by atoms with Crippen molar-refractivity contribution in [2.24, 2.45) is 0 Å². The molecule has 1 atom stereocenters. The van der Waals surface area contributed by atoms with Crippen molar-refractivity contribution in [2.75, 3.05) is 18.6 Å². The summed E-state index contributed by atoms with van der Waals surface area (Å²) in [7, 11) is 1.29. The lowest BCUT2D eigenvalue weighted by Gasteiger charge is -2.25. The third kappa shape index (κ3) is 4.76. The molecule has 0 unspecified atom stereocenters. The number of nitrogens with one attached hydrogen (secondary N) is 1. The fourth-order valence-electron chi connectivity index (χ4n) is 3.38. The Morgan fingerprint density at radius 3 is 2.57 bits per heavy atom. The number of esters is 1. The summed E-state index contributed by atoms with van der Waals surface area (Å²) in [4.78, 5) is 38.7. The number of anilines is 1. The Balaban J connectivity index is 1.70. The van der Waals surface area contributed by atoms with Crippen molar-refractivity contribution in [3.05, 3.63) is 65.7 Å². The molecule has 1 aliphatic heterocycles. The topological polar surface area (TPSA) is 75.7 Å². The average Bonchev–Trinajstić information content (AvgIpc) is 2.85. The normalized spacial score (nSPS) is 16.1.